The number of fused-ring (bicyclic) bond motifs is 1. The van der Waals surface area contributed by atoms with Crippen molar-refractivity contribution in [2.45, 2.75) is 32.0 Å². The fourth-order valence-corrected chi connectivity index (χ4v) is 4.20. The fourth-order valence-electron chi connectivity index (χ4n) is 4.20. The first kappa shape index (κ1) is 21.8. The van der Waals surface area contributed by atoms with Crippen LogP contribution in [0.4, 0.5) is 0 Å². The summed E-state index contributed by atoms with van der Waals surface area (Å²) >= 11 is 0. The van der Waals surface area contributed by atoms with Crippen molar-refractivity contribution < 1.29 is 14.3 Å². The van der Waals surface area contributed by atoms with Crippen molar-refractivity contribution in [2.75, 3.05) is 27.4 Å². The normalized spacial score (nSPS) is 15.4. The Hall–Kier alpha value is -3.39. The minimum Gasteiger partial charge on any atom is -0.496 e. The molecule has 168 valence electrons. The van der Waals surface area contributed by atoms with Crippen LogP contribution >= 0.6 is 0 Å². The van der Waals surface area contributed by atoms with Crippen molar-refractivity contribution in [3.05, 3.63) is 82.0 Å². The molecular formula is C24H28N4O4. The van der Waals surface area contributed by atoms with Crippen molar-refractivity contribution >= 4 is 5.91 Å². The summed E-state index contributed by atoms with van der Waals surface area (Å²) in [6.45, 7) is 1.64. The van der Waals surface area contributed by atoms with Crippen LogP contribution in [0.5, 0.6) is 5.75 Å². The minimum atomic E-state index is -0.411. The Balaban J connectivity index is 1.63. The first-order valence-electron chi connectivity index (χ1n) is 10.8. The average Bonchev–Trinajstić information content (AvgIpc) is 3.16. The third kappa shape index (κ3) is 4.31. The van der Waals surface area contributed by atoms with Crippen LogP contribution in [0.3, 0.4) is 0 Å². The van der Waals surface area contributed by atoms with Gasteiger partial charge >= 0.3 is 5.69 Å². The average molecular weight is 437 g/mol. The zero-order valence-corrected chi connectivity index (χ0v) is 18.4. The molecule has 2 aromatic carbocycles. The number of ether oxygens (including phenoxy) is 2. The molecule has 8 nitrogen and oxygen atoms in total. The van der Waals surface area contributed by atoms with E-state index in [9.17, 15) is 9.59 Å². The lowest BCUT2D eigenvalue weighted by atomic mass is 10.0. The molecule has 0 saturated carbocycles. The zero-order valence-electron chi connectivity index (χ0n) is 18.4. The van der Waals surface area contributed by atoms with Gasteiger partial charge in [0.05, 0.1) is 20.3 Å². The van der Waals surface area contributed by atoms with E-state index in [0.717, 1.165) is 16.9 Å². The lowest BCUT2D eigenvalue weighted by Gasteiger charge is -2.35. The van der Waals surface area contributed by atoms with Crippen LogP contribution in [0.15, 0.2) is 59.4 Å². The second-order valence-electron chi connectivity index (χ2n) is 7.72. The van der Waals surface area contributed by atoms with Gasteiger partial charge in [-0.1, -0.05) is 48.5 Å². The summed E-state index contributed by atoms with van der Waals surface area (Å²) in [6.07, 6.45) is 0.925. The van der Waals surface area contributed by atoms with Crippen LogP contribution in [0.25, 0.3) is 0 Å². The van der Waals surface area contributed by atoms with Gasteiger partial charge in [-0.15, -0.1) is 0 Å². The van der Waals surface area contributed by atoms with Gasteiger partial charge in [-0.3, -0.25) is 9.36 Å². The Morgan fingerprint density at radius 1 is 1.06 bits per heavy atom. The third-order valence-electron chi connectivity index (χ3n) is 5.82. The van der Waals surface area contributed by atoms with E-state index in [1.165, 1.54) is 4.68 Å². The number of nitrogens with zero attached hydrogens (tertiary/aromatic N) is 4. The van der Waals surface area contributed by atoms with E-state index in [1.807, 2.05) is 59.5 Å². The standard InChI is InChI=1S/C24H28N4O4/c1-31-17-16-28-24(30)27-15-14-26(22(23(27)25-28)19-9-4-3-5-10-19)21(29)13-12-18-8-6-7-11-20(18)32-2/h3-11,22H,12-17H2,1-2H3. The summed E-state index contributed by atoms with van der Waals surface area (Å²) < 4.78 is 13.6. The first-order chi connectivity index (χ1) is 15.6. The van der Waals surface area contributed by atoms with Crippen molar-refractivity contribution in [2.24, 2.45) is 0 Å². The first-order valence-corrected chi connectivity index (χ1v) is 10.8. The molecule has 0 aliphatic carbocycles. The third-order valence-corrected chi connectivity index (χ3v) is 5.82. The number of amides is 1. The molecule has 3 aromatic rings. The molecular weight excluding hydrogens is 408 g/mol. The monoisotopic (exact) mass is 436 g/mol. The van der Waals surface area contributed by atoms with Crippen LogP contribution in [0.1, 0.15) is 29.4 Å². The molecule has 2 heterocycles. The van der Waals surface area contributed by atoms with Crippen molar-refractivity contribution in [3.8, 4) is 5.75 Å². The van der Waals surface area contributed by atoms with Crippen LogP contribution < -0.4 is 10.4 Å². The summed E-state index contributed by atoms with van der Waals surface area (Å²) in [6, 6.07) is 17.1. The van der Waals surface area contributed by atoms with Gasteiger partial charge in [0.2, 0.25) is 5.91 Å². The molecule has 1 atom stereocenters. The van der Waals surface area contributed by atoms with E-state index < -0.39 is 6.04 Å². The van der Waals surface area contributed by atoms with E-state index in [4.69, 9.17) is 9.47 Å². The largest absolute Gasteiger partial charge is 0.496 e. The van der Waals surface area contributed by atoms with Gasteiger partial charge in [-0.05, 0) is 23.6 Å². The molecule has 0 bridgehead atoms. The molecule has 4 rings (SSSR count). The van der Waals surface area contributed by atoms with Gasteiger partial charge < -0.3 is 14.4 Å². The number of carbonyl (C=O) groups is 1. The topological polar surface area (TPSA) is 78.6 Å². The predicted molar refractivity (Wildman–Crippen MR) is 120 cm³/mol. The number of aryl methyl sites for hydroxylation is 1. The Morgan fingerprint density at radius 2 is 1.81 bits per heavy atom. The molecule has 0 saturated heterocycles. The summed E-state index contributed by atoms with van der Waals surface area (Å²) in [5, 5.41) is 4.60. The Morgan fingerprint density at radius 3 is 2.56 bits per heavy atom. The number of hydrogen-bond donors (Lipinski definition) is 0. The molecule has 0 radical (unpaired) electrons. The number of carbonyl (C=O) groups excluding carboxylic acids is 1. The van der Waals surface area contributed by atoms with E-state index in [2.05, 4.69) is 5.10 Å². The lowest BCUT2D eigenvalue weighted by molar-refractivity contribution is -0.134. The molecule has 1 aliphatic heterocycles. The molecule has 0 N–H and O–H groups in total. The Labute approximate surface area is 187 Å². The summed E-state index contributed by atoms with van der Waals surface area (Å²) in [7, 11) is 3.23. The smallest absolute Gasteiger partial charge is 0.346 e. The molecule has 1 unspecified atom stereocenters. The number of aromatic nitrogens is 3. The van der Waals surface area contributed by atoms with Crippen LogP contribution in [-0.4, -0.2) is 52.5 Å². The summed E-state index contributed by atoms with van der Waals surface area (Å²) in [5.74, 6) is 1.40. The molecule has 1 amide bonds. The number of hydrogen-bond acceptors (Lipinski definition) is 5. The van der Waals surface area contributed by atoms with E-state index >= 15 is 0 Å². The maximum Gasteiger partial charge on any atom is 0.346 e. The fraction of sp³-hybridized carbons (Fsp3) is 0.375. The van der Waals surface area contributed by atoms with E-state index in [-0.39, 0.29) is 11.6 Å². The highest BCUT2D eigenvalue weighted by molar-refractivity contribution is 5.77. The quantitative estimate of drug-likeness (QED) is 0.541. The molecule has 0 fully saturated rings. The number of methoxy groups -OCH3 is 2. The number of rotatable bonds is 8. The minimum absolute atomic E-state index is 0.0231. The molecule has 1 aromatic heterocycles. The maximum absolute atomic E-state index is 13.4. The van der Waals surface area contributed by atoms with Gasteiger partial charge in [0.15, 0.2) is 5.82 Å². The Kier molecular flexibility index (Phi) is 6.70. The highest BCUT2D eigenvalue weighted by atomic mass is 16.5. The second-order valence-corrected chi connectivity index (χ2v) is 7.72. The summed E-state index contributed by atoms with van der Waals surface area (Å²) in [5.41, 5.74) is 1.76. The maximum atomic E-state index is 13.4. The number of benzene rings is 2. The molecule has 8 heteroatoms. The summed E-state index contributed by atoms with van der Waals surface area (Å²) in [4.78, 5) is 28.1. The van der Waals surface area contributed by atoms with E-state index in [1.54, 1.807) is 18.8 Å². The second kappa shape index (κ2) is 9.82. The number of para-hydroxylation sites is 1. The zero-order chi connectivity index (χ0) is 22.5. The van der Waals surface area contributed by atoms with Crippen LogP contribution in [0, 0.1) is 0 Å². The van der Waals surface area contributed by atoms with Gasteiger partial charge in [0.25, 0.3) is 0 Å². The van der Waals surface area contributed by atoms with Gasteiger partial charge in [-0.2, -0.15) is 5.10 Å². The molecule has 32 heavy (non-hydrogen) atoms. The highest BCUT2D eigenvalue weighted by Gasteiger charge is 2.35. The van der Waals surface area contributed by atoms with Crippen molar-refractivity contribution in [1.82, 2.24) is 19.2 Å². The SMILES string of the molecule is COCCn1nc2n(c1=O)CCN(C(=O)CCc1ccccc1OC)C2c1ccccc1. The van der Waals surface area contributed by atoms with Gasteiger partial charge in [-0.25, -0.2) is 9.48 Å². The highest BCUT2D eigenvalue weighted by Crippen LogP contribution is 2.31. The molecule has 1 aliphatic rings. The van der Waals surface area contributed by atoms with E-state index in [0.29, 0.717) is 44.9 Å². The van der Waals surface area contributed by atoms with Crippen molar-refractivity contribution in [3.63, 3.8) is 0 Å². The van der Waals surface area contributed by atoms with Gasteiger partial charge in [0, 0.05) is 26.6 Å². The van der Waals surface area contributed by atoms with Crippen LogP contribution in [-0.2, 0) is 29.0 Å². The predicted octanol–water partition coefficient (Wildman–Crippen LogP) is 2.26. The lowest BCUT2D eigenvalue weighted by Crippen LogP contribution is -2.44. The van der Waals surface area contributed by atoms with Crippen LogP contribution in [0.2, 0.25) is 0 Å². The van der Waals surface area contributed by atoms with Crippen molar-refractivity contribution in [1.29, 1.82) is 0 Å². The van der Waals surface area contributed by atoms with Gasteiger partial charge in [0.1, 0.15) is 11.8 Å². The Bertz CT molecular complexity index is 1120. The molecule has 0 spiro atoms.